The van der Waals surface area contributed by atoms with E-state index in [9.17, 15) is 4.79 Å². The van der Waals surface area contributed by atoms with Crippen molar-refractivity contribution in [3.63, 3.8) is 0 Å². The normalized spacial score (nSPS) is 16.6. The van der Waals surface area contributed by atoms with Gasteiger partial charge < -0.3 is 4.74 Å². The van der Waals surface area contributed by atoms with Gasteiger partial charge >= 0.3 is 0 Å². The van der Waals surface area contributed by atoms with Crippen molar-refractivity contribution in [2.75, 3.05) is 26.2 Å². The van der Waals surface area contributed by atoms with Crippen LogP contribution in [-0.4, -0.2) is 36.9 Å². The molecule has 2 rings (SSSR count). The number of ether oxygens (including phenoxy) is 1. The van der Waals surface area contributed by atoms with Crippen molar-refractivity contribution in [3.8, 4) is 5.75 Å². The molecular formula is C13H17NO2. The van der Waals surface area contributed by atoms with E-state index >= 15 is 0 Å². The van der Waals surface area contributed by atoms with Crippen LogP contribution in [0, 0.1) is 0 Å². The minimum Gasteiger partial charge on any atom is -0.494 e. The van der Waals surface area contributed by atoms with E-state index in [1.54, 1.807) is 0 Å². The first-order valence-corrected chi connectivity index (χ1v) is 5.76. The van der Waals surface area contributed by atoms with Crippen LogP contribution in [0.25, 0.3) is 0 Å². The molecule has 0 spiro atoms. The maximum atomic E-state index is 11.0. The summed E-state index contributed by atoms with van der Waals surface area (Å²) in [6.45, 7) is 3.22. The summed E-state index contributed by atoms with van der Waals surface area (Å²) in [6, 6.07) is 9.82. The Morgan fingerprint density at radius 1 is 1.25 bits per heavy atom. The van der Waals surface area contributed by atoms with Gasteiger partial charge in [-0.3, -0.25) is 9.69 Å². The van der Waals surface area contributed by atoms with Gasteiger partial charge in [-0.05, 0) is 18.6 Å². The Hall–Kier alpha value is -1.35. The van der Waals surface area contributed by atoms with E-state index in [1.165, 1.54) is 0 Å². The molecule has 0 radical (unpaired) electrons. The van der Waals surface area contributed by atoms with Gasteiger partial charge in [0, 0.05) is 19.5 Å². The molecule has 1 aromatic carbocycles. The molecule has 0 N–H and O–H groups in total. The lowest BCUT2D eigenvalue weighted by molar-refractivity contribution is -0.116. The first kappa shape index (κ1) is 11.1. The molecule has 3 nitrogen and oxygen atoms in total. The number of ketones is 1. The van der Waals surface area contributed by atoms with Crippen molar-refractivity contribution >= 4 is 5.78 Å². The monoisotopic (exact) mass is 219 g/mol. The van der Waals surface area contributed by atoms with Crippen molar-refractivity contribution in [3.05, 3.63) is 30.3 Å². The molecule has 0 bridgehead atoms. The number of hydrogen-bond donors (Lipinski definition) is 0. The van der Waals surface area contributed by atoms with E-state index < -0.39 is 0 Å². The Balaban J connectivity index is 1.60. The van der Waals surface area contributed by atoms with E-state index in [4.69, 9.17) is 4.74 Å². The summed E-state index contributed by atoms with van der Waals surface area (Å²) < 4.78 is 5.58. The Kier molecular flexibility index (Phi) is 3.94. The fourth-order valence-electron chi connectivity index (χ4n) is 1.88. The van der Waals surface area contributed by atoms with Gasteiger partial charge in [-0.2, -0.15) is 0 Å². The number of hydrogen-bond acceptors (Lipinski definition) is 3. The average molecular weight is 219 g/mol. The third kappa shape index (κ3) is 3.35. The van der Waals surface area contributed by atoms with Gasteiger partial charge in [-0.15, -0.1) is 0 Å². The smallest absolute Gasteiger partial charge is 0.148 e. The van der Waals surface area contributed by atoms with E-state index in [2.05, 4.69) is 4.90 Å². The van der Waals surface area contributed by atoms with Crippen LogP contribution >= 0.6 is 0 Å². The van der Waals surface area contributed by atoms with Crippen LogP contribution in [0.15, 0.2) is 30.3 Å². The number of para-hydroxylation sites is 1. The number of Topliss-reactive ketones (excluding diaryl/α,β-unsaturated/α-hetero) is 1. The van der Waals surface area contributed by atoms with Crippen molar-refractivity contribution in [1.29, 1.82) is 0 Å². The van der Waals surface area contributed by atoms with Gasteiger partial charge in [0.1, 0.15) is 11.5 Å². The fraction of sp³-hybridized carbons (Fsp3) is 0.462. The molecule has 0 saturated carbocycles. The molecule has 0 unspecified atom stereocenters. The van der Waals surface area contributed by atoms with Crippen molar-refractivity contribution < 1.29 is 9.53 Å². The van der Waals surface area contributed by atoms with Crippen molar-refractivity contribution in [1.82, 2.24) is 4.90 Å². The zero-order valence-electron chi connectivity index (χ0n) is 9.39. The molecule has 3 heteroatoms. The molecule has 1 saturated heterocycles. The van der Waals surface area contributed by atoms with E-state index in [0.717, 1.165) is 31.7 Å². The summed E-state index contributed by atoms with van der Waals surface area (Å²) in [5, 5.41) is 0. The number of likely N-dealkylation sites (tertiary alicyclic amines) is 1. The van der Waals surface area contributed by atoms with Crippen LogP contribution in [0.1, 0.15) is 12.8 Å². The number of benzene rings is 1. The van der Waals surface area contributed by atoms with Crippen molar-refractivity contribution in [2.24, 2.45) is 0 Å². The minimum absolute atomic E-state index is 0.365. The van der Waals surface area contributed by atoms with Crippen LogP contribution in [0.3, 0.4) is 0 Å². The highest BCUT2D eigenvalue weighted by molar-refractivity contribution is 5.82. The topological polar surface area (TPSA) is 29.5 Å². The molecule has 86 valence electrons. The Labute approximate surface area is 96.0 Å². The first-order chi connectivity index (χ1) is 7.84. The molecule has 1 heterocycles. The third-order valence-corrected chi connectivity index (χ3v) is 2.74. The summed E-state index contributed by atoms with van der Waals surface area (Å²) in [7, 11) is 0. The second-order valence-corrected chi connectivity index (χ2v) is 4.08. The third-order valence-electron chi connectivity index (χ3n) is 2.74. The number of carbonyl (C=O) groups is 1. The van der Waals surface area contributed by atoms with Gasteiger partial charge in [0.15, 0.2) is 0 Å². The predicted octanol–water partition coefficient (Wildman–Crippen LogP) is 1.73. The highest BCUT2D eigenvalue weighted by atomic mass is 16.5. The van der Waals surface area contributed by atoms with Crippen LogP contribution in [0.5, 0.6) is 5.75 Å². The summed E-state index contributed by atoms with van der Waals surface area (Å²) in [5.74, 6) is 1.28. The van der Waals surface area contributed by atoms with Gasteiger partial charge in [0.25, 0.3) is 0 Å². The van der Waals surface area contributed by atoms with Gasteiger partial charge in [0.2, 0.25) is 0 Å². The molecule has 1 aliphatic rings. The zero-order chi connectivity index (χ0) is 11.2. The lowest BCUT2D eigenvalue weighted by Gasteiger charge is -2.13. The maximum Gasteiger partial charge on any atom is 0.148 e. The van der Waals surface area contributed by atoms with E-state index in [1.807, 2.05) is 30.3 Å². The standard InChI is InChI=1S/C13H17NO2/c15-12-7-9-14(11-12)8-4-10-16-13-5-2-1-3-6-13/h1-3,5-6H,4,7-11H2. The molecule has 0 atom stereocenters. The van der Waals surface area contributed by atoms with Gasteiger partial charge in [0.05, 0.1) is 13.2 Å². The van der Waals surface area contributed by atoms with Crippen LogP contribution in [0.4, 0.5) is 0 Å². The number of carbonyl (C=O) groups excluding carboxylic acids is 1. The molecule has 0 aromatic heterocycles. The lowest BCUT2D eigenvalue weighted by atomic mass is 10.3. The SMILES string of the molecule is O=C1CCN(CCCOc2ccccc2)C1. The summed E-state index contributed by atoms with van der Waals surface area (Å²) in [4.78, 5) is 13.2. The summed E-state index contributed by atoms with van der Waals surface area (Å²) in [5.41, 5.74) is 0. The molecule has 16 heavy (non-hydrogen) atoms. The maximum absolute atomic E-state index is 11.0. The van der Waals surface area contributed by atoms with E-state index in [-0.39, 0.29) is 0 Å². The summed E-state index contributed by atoms with van der Waals surface area (Å²) in [6.07, 6.45) is 1.70. The van der Waals surface area contributed by atoms with Crippen LogP contribution in [0.2, 0.25) is 0 Å². The Bertz CT molecular complexity index is 337. The highest BCUT2D eigenvalue weighted by Gasteiger charge is 2.18. The molecule has 0 aliphatic carbocycles. The van der Waals surface area contributed by atoms with Gasteiger partial charge in [-0.25, -0.2) is 0 Å². The highest BCUT2D eigenvalue weighted by Crippen LogP contribution is 2.09. The molecule has 1 aliphatic heterocycles. The van der Waals surface area contributed by atoms with E-state index in [0.29, 0.717) is 18.9 Å². The van der Waals surface area contributed by atoms with Gasteiger partial charge in [-0.1, -0.05) is 18.2 Å². The Morgan fingerprint density at radius 3 is 2.75 bits per heavy atom. The molecule has 0 amide bonds. The number of rotatable bonds is 5. The quantitative estimate of drug-likeness (QED) is 0.706. The Morgan fingerprint density at radius 2 is 2.06 bits per heavy atom. The average Bonchev–Trinajstić information content (AvgIpc) is 2.72. The second kappa shape index (κ2) is 5.66. The minimum atomic E-state index is 0.365. The summed E-state index contributed by atoms with van der Waals surface area (Å²) >= 11 is 0. The van der Waals surface area contributed by atoms with Crippen LogP contribution < -0.4 is 4.74 Å². The fourth-order valence-corrected chi connectivity index (χ4v) is 1.88. The first-order valence-electron chi connectivity index (χ1n) is 5.76. The second-order valence-electron chi connectivity index (χ2n) is 4.08. The lowest BCUT2D eigenvalue weighted by Crippen LogP contribution is -2.23. The molecular weight excluding hydrogens is 202 g/mol. The predicted molar refractivity (Wildman–Crippen MR) is 62.6 cm³/mol. The molecule has 1 fully saturated rings. The van der Waals surface area contributed by atoms with Crippen LogP contribution in [-0.2, 0) is 4.79 Å². The van der Waals surface area contributed by atoms with Crippen molar-refractivity contribution in [2.45, 2.75) is 12.8 Å². The zero-order valence-corrected chi connectivity index (χ0v) is 9.39. The largest absolute Gasteiger partial charge is 0.494 e. The number of nitrogens with zero attached hydrogens (tertiary/aromatic N) is 1. The molecule has 1 aromatic rings.